The largest absolute Gasteiger partial charge is 0.385 e. The highest BCUT2D eigenvalue weighted by atomic mass is 35.5. The molecule has 9 heteroatoms. The van der Waals surface area contributed by atoms with E-state index in [1.54, 1.807) is 7.11 Å². The van der Waals surface area contributed by atoms with Gasteiger partial charge in [0.05, 0.1) is 5.75 Å². The second-order valence-corrected chi connectivity index (χ2v) is 8.00. The van der Waals surface area contributed by atoms with Crippen molar-refractivity contribution in [2.75, 3.05) is 58.7 Å². The number of hydrogen-bond acceptors (Lipinski definition) is 5. The lowest BCUT2D eigenvalue weighted by Gasteiger charge is -2.36. The molecule has 0 aliphatic carbocycles. The van der Waals surface area contributed by atoms with Crippen molar-refractivity contribution in [3.05, 3.63) is 0 Å². The van der Waals surface area contributed by atoms with E-state index >= 15 is 0 Å². The number of sulfonamides is 1. The van der Waals surface area contributed by atoms with Crippen LogP contribution in [0.2, 0.25) is 0 Å². The first-order valence-electron chi connectivity index (χ1n) is 8.01. The maximum atomic E-state index is 12.4. The van der Waals surface area contributed by atoms with Gasteiger partial charge in [-0.1, -0.05) is 0 Å². The Balaban J connectivity index is 0.00000264. The van der Waals surface area contributed by atoms with Crippen LogP contribution in [-0.4, -0.2) is 82.3 Å². The Morgan fingerprint density at radius 1 is 1.17 bits per heavy atom. The minimum atomic E-state index is -3.22. The van der Waals surface area contributed by atoms with E-state index in [0.717, 1.165) is 25.9 Å². The molecule has 2 rings (SSSR count). The molecule has 0 bridgehead atoms. The van der Waals surface area contributed by atoms with Gasteiger partial charge in [-0.15, -0.1) is 12.4 Å². The Morgan fingerprint density at radius 2 is 1.78 bits per heavy atom. The average Bonchev–Trinajstić information content (AvgIpc) is 2.55. The Kier molecular flexibility index (Phi) is 8.78. The summed E-state index contributed by atoms with van der Waals surface area (Å²) in [7, 11) is -1.66. The third kappa shape index (κ3) is 5.86. The van der Waals surface area contributed by atoms with Crippen molar-refractivity contribution in [1.29, 1.82) is 0 Å². The molecule has 2 heterocycles. The molecule has 0 radical (unpaired) electrons. The third-order valence-electron chi connectivity index (χ3n) is 4.38. The monoisotopic (exact) mass is 369 g/mol. The highest BCUT2D eigenvalue weighted by molar-refractivity contribution is 7.89. The van der Waals surface area contributed by atoms with Crippen molar-refractivity contribution in [2.45, 2.75) is 19.3 Å². The maximum absolute atomic E-state index is 12.4. The van der Waals surface area contributed by atoms with Crippen molar-refractivity contribution in [1.82, 2.24) is 14.5 Å². The van der Waals surface area contributed by atoms with Gasteiger partial charge in [0.2, 0.25) is 15.9 Å². The van der Waals surface area contributed by atoms with Gasteiger partial charge in [0.15, 0.2) is 0 Å². The van der Waals surface area contributed by atoms with Crippen LogP contribution in [0.5, 0.6) is 0 Å². The zero-order chi connectivity index (χ0) is 16.0. The van der Waals surface area contributed by atoms with E-state index in [9.17, 15) is 13.2 Å². The minimum absolute atomic E-state index is 0. The lowest BCUT2D eigenvalue weighted by atomic mass is 9.96. The molecule has 2 aliphatic rings. The van der Waals surface area contributed by atoms with Crippen molar-refractivity contribution >= 4 is 28.3 Å². The molecule has 1 N–H and O–H groups in total. The SMILES string of the molecule is COCCCS(=O)(=O)N1CCN(C(=O)C2CCNCC2)CC1.Cl. The second-order valence-electron chi connectivity index (χ2n) is 5.91. The number of hydrogen-bond donors (Lipinski definition) is 1. The van der Waals surface area contributed by atoms with Crippen LogP contribution in [0.3, 0.4) is 0 Å². The number of carbonyl (C=O) groups is 1. The molecule has 2 aliphatic heterocycles. The number of ether oxygens (including phenoxy) is 1. The van der Waals surface area contributed by atoms with Gasteiger partial charge in [0.1, 0.15) is 0 Å². The molecule has 0 atom stereocenters. The second kappa shape index (κ2) is 9.78. The summed E-state index contributed by atoms with van der Waals surface area (Å²) in [5.74, 6) is 0.410. The van der Waals surface area contributed by atoms with E-state index in [2.05, 4.69) is 5.32 Å². The fraction of sp³-hybridized carbons (Fsp3) is 0.929. The van der Waals surface area contributed by atoms with Gasteiger partial charge < -0.3 is 15.0 Å². The molecule has 0 aromatic heterocycles. The van der Waals surface area contributed by atoms with E-state index in [4.69, 9.17) is 4.74 Å². The van der Waals surface area contributed by atoms with Gasteiger partial charge in [0, 0.05) is 45.8 Å². The van der Waals surface area contributed by atoms with Gasteiger partial charge in [-0.3, -0.25) is 4.79 Å². The zero-order valence-electron chi connectivity index (χ0n) is 13.7. The van der Waals surface area contributed by atoms with Gasteiger partial charge >= 0.3 is 0 Å². The first-order valence-corrected chi connectivity index (χ1v) is 9.62. The van der Waals surface area contributed by atoms with Gasteiger partial charge in [-0.2, -0.15) is 4.31 Å². The predicted octanol–water partition coefficient (Wildman–Crippen LogP) is -0.0817. The number of nitrogens with zero attached hydrogens (tertiary/aromatic N) is 2. The van der Waals surface area contributed by atoms with Crippen LogP contribution < -0.4 is 5.32 Å². The minimum Gasteiger partial charge on any atom is -0.385 e. The van der Waals surface area contributed by atoms with Gasteiger partial charge in [0.25, 0.3) is 0 Å². The summed E-state index contributed by atoms with van der Waals surface area (Å²) >= 11 is 0. The molecule has 2 fully saturated rings. The van der Waals surface area contributed by atoms with Gasteiger partial charge in [-0.25, -0.2) is 8.42 Å². The van der Waals surface area contributed by atoms with Crippen molar-refractivity contribution < 1.29 is 17.9 Å². The average molecular weight is 370 g/mol. The zero-order valence-corrected chi connectivity index (χ0v) is 15.3. The smallest absolute Gasteiger partial charge is 0.225 e. The number of piperazine rings is 1. The van der Waals surface area contributed by atoms with E-state index in [0.29, 0.717) is 39.2 Å². The van der Waals surface area contributed by atoms with E-state index in [1.807, 2.05) is 4.90 Å². The first kappa shape index (κ1) is 20.6. The summed E-state index contributed by atoms with van der Waals surface area (Å²) < 4.78 is 30.8. The first-order chi connectivity index (χ1) is 10.5. The summed E-state index contributed by atoms with van der Waals surface area (Å²) in [6.45, 7) is 4.07. The number of nitrogens with one attached hydrogen (secondary N) is 1. The van der Waals surface area contributed by atoms with Crippen molar-refractivity contribution in [3.63, 3.8) is 0 Å². The highest BCUT2D eigenvalue weighted by Gasteiger charge is 2.31. The molecule has 7 nitrogen and oxygen atoms in total. The van der Waals surface area contributed by atoms with Crippen LogP contribution in [-0.2, 0) is 19.6 Å². The fourth-order valence-corrected chi connectivity index (χ4v) is 4.49. The summed E-state index contributed by atoms with van der Waals surface area (Å²) in [5.41, 5.74) is 0. The number of rotatable bonds is 6. The molecule has 136 valence electrons. The molecule has 0 spiro atoms. The van der Waals surface area contributed by atoms with Crippen LogP contribution >= 0.6 is 12.4 Å². The summed E-state index contributed by atoms with van der Waals surface area (Å²) in [5, 5.41) is 3.26. The van der Waals surface area contributed by atoms with E-state index in [-0.39, 0.29) is 30.0 Å². The summed E-state index contributed by atoms with van der Waals surface area (Å²) in [4.78, 5) is 14.3. The molecule has 0 saturated carbocycles. The van der Waals surface area contributed by atoms with Crippen LogP contribution in [0, 0.1) is 5.92 Å². The molecule has 23 heavy (non-hydrogen) atoms. The fourth-order valence-electron chi connectivity index (χ4n) is 3.03. The molecular weight excluding hydrogens is 342 g/mol. The lowest BCUT2D eigenvalue weighted by Crippen LogP contribution is -2.53. The highest BCUT2D eigenvalue weighted by Crippen LogP contribution is 2.17. The maximum Gasteiger partial charge on any atom is 0.225 e. The Morgan fingerprint density at radius 3 is 2.35 bits per heavy atom. The van der Waals surface area contributed by atoms with Gasteiger partial charge in [-0.05, 0) is 32.4 Å². The molecular formula is C14H28ClN3O4S. The molecule has 2 saturated heterocycles. The number of carbonyl (C=O) groups excluding carboxylic acids is 1. The van der Waals surface area contributed by atoms with Crippen molar-refractivity contribution in [3.8, 4) is 0 Å². The van der Waals surface area contributed by atoms with E-state index < -0.39 is 10.0 Å². The van der Waals surface area contributed by atoms with Crippen LogP contribution in [0.1, 0.15) is 19.3 Å². The van der Waals surface area contributed by atoms with Crippen LogP contribution in [0.25, 0.3) is 0 Å². The molecule has 0 aromatic carbocycles. The van der Waals surface area contributed by atoms with Crippen molar-refractivity contribution in [2.24, 2.45) is 5.92 Å². The Bertz CT molecular complexity index is 461. The molecule has 0 unspecified atom stereocenters. The number of piperidine rings is 1. The standard InChI is InChI=1S/C14H27N3O4S.ClH/c1-21-11-2-12-22(19,20)17-9-7-16(8-10-17)14(18)13-3-5-15-6-4-13;/h13,15H,2-12H2,1H3;1H. The lowest BCUT2D eigenvalue weighted by molar-refractivity contribution is -0.137. The quantitative estimate of drug-likeness (QED) is 0.662. The topological polar surface area (TPSA) is 79.0 Å². The molecule has 0 aromatic rings. The number of methoxy groups -OCH3 is 1. The Hall–Kier alpha value is -0.410. The predicted molar refractivity (Wildman–Crippen MR) is 91.3 cm³/mol. The summed E-state index contributed by atoms with van der Waals surface area (Å²) in [6.07, 6.45) is 2.27. The normalized spacial score (nSPS) is 21.0. The van der Waals surface area contributed by atoms with Crippen LogP contribution in [0.4, 0.5) is 0 Å². The molecule has 1 amide bonds. The van der Waals surface area contributed by atoms with E-state index in [1.165, 1.54) is 4.31 Å². The number of amides is 1. The van der Waals surface area contributed by atoms with Crippen LogP contribution in [0.15, 0.2) is 0 Å². The third-order valence-corrected chi connectivity index (χ3v) is 6.34. The number of halogens is 1. The summed E-state index contributed by atoms with van der Waals surface area (Å²) in [6, 6.07) is 0. The Labute approximate surface area is 145 Å².